The number of benzene rings is 2. The van der Waals surface area contributed by atoms with Gasteiger partial charge in [-0.25, -0.2) is 4.39 Å². The number of methoxy groups -OCH3 is 1. The number of aliphatic hydroxyl groups excluding tert-OH is 1. The molecule has 100 valence electrons. The molecule has 1 unspecified atom stereocenters. The van der Waals surface area contributed by atoms with Crippen molar-refractivity contribution in [2.75, 3.05) is 7.11 Å². The number of rotatable bonds is 3. The molecule has 2 aromatic rings. The summed E-state index contributed by atoms with van der Waals surface area (Å²) in [5, 5.41) is 10.5. The first-order valence-electron chi connectivity index (χ1n) is 6.11. The average molecular weight is 260 g/mol. The minimum absolute atomic E-state index is 0.361. The van der Waals surface area contributed by atoms with Gasteiger partial charge in [0.25, 0.3) is 0 Å². The summed E-state index contributed by atoms with van der Waals surface area (Å²) >= 11 is 0. The van der Waals surface area contributed by atoms with Crippen LogP contribution in [0.25, 0.3) is 0 Å². The molecule has 2 rings (SSSR count). The molecule has 0 aromatic heterocycles. The van der Waals surface area contributed by atoms with Crippen LogP contribution in [0.4, 0.5) is 4.39 Å². The highest BCUT2D eigenvalue weighted by atomic mass is 19.1. The SMILES string of the molecule is COc1cc(C)cc(C)c1C(O)c1cccc(F)c1. The lowest BCUT2D eigenvalue weighted by Gasteiger charge is -2.18. The molecule has 2 aromatic carbocycles. The van der Waals surface area contributed by atoms with Gasteiger partial charge in [-0.2, -0.15) is 0 Å². The first-order chi connectivity index (χ1) is 9.02. The number of aryl methyl sites for hydroxylation is 2. The first-order valence-corrected chi connectivity index (χ1v) is 6.11. The van der Waals surface area contributed by atoms with Gasteiger partial charge in [0.15, 0.2) is 0 Å². The Bertz CT molecular complexity index is 593. The van der Waals surface area contributed by atoms with Gasteiger partial charge in [-0.3, -0.25) is 0 Å². The fraction of sp³-hybridized carbons (Fsp3) is 0.250. The third-order valence-corrected chi connectivity index (χ3v) is 3.15. The zero-order valence-electron chi connectivity index (χ0n) is 11.3. The zero-order valence-corrected chi connectivity index (χ0v) is 11.3. The Hall–Kier alpha value is -1.87. The summed E-state index contributed by atoms with van der Waals surface area (Å²) in [6.45, 7) is 3.88. The Labute approximate surface area is 112 Å². The highest BCUT2D eigenvalue weighted by molar-refractivity contribution is 5.47. The Kier molecular flexibility index (Phi) is 3.86. The van der Waals surface area contributed by atoms with E-state index in [1.165, 1.54) is 12.1 Å². The minimum atomic E-state index is -0.897. The molecule has 1 N–H and O–H groups in total. The van der Waals surface area contributed by atoms with Gasteiger partial charge < -0.3 is 9.84 Å². The molecular formula is C16H17FO2. The molecule has 0 saturated carbocycles. The highest BCUT2D eigenvalue weighted by Gasteiger charge is 2.18. The largest absolute Gasteiger partial charge is 0.496 e. The van der Waals surface area contributed by atoms with Crippen LogP contribution < -0.4 is 4.74 Å². The normalized spacial score (nSPS) is 12.3. The Morgan fingerprint density at radius 1 is 1.16 bits per heavy atom. The van der Waals surface area contributed by atoms with E-state index in [9.17, 15) is 9.50 Å². The van der Waals surface area contributed by atoms with Crippen molar-refractivity contribution in [3.05, 3.63) is 64.5 Å². The van der Waals surface area contributed by atoms with Crippen molar-refractivity contribution >= 4 is 0 Å². The maximum atomic E-state index is 13.2. The van der Waals surface area contributed by atoms with Crippen molar-refractivity contribution < 1.29 is 14.2 Å². The second-order valence-electron chi connectivity index (χ2n) is 4.66. The van der Waals surface area contributed by atoms with E-state index < -0.39 is 6.10 Å². The smallest absolute Gasteiger partial charge is 0.125 e. The number of hydrogen-bond donors (Lipinski definition) is 1. The van der Waals surface area contributed by atoms with E-state index in [1.54, 1.807) is 19.2 Å². The van der Waals surface area contributed by atoms with Crippen LogP contribution in [0.15, 0.2) is 36.4 Å². The van der Waals surface area contributed by atoms with Crippen molar-refractivity contribution in [2.24, 2.45) is 0 Å². The first kappa shape index (κ1) is 13.6. The summed E-state index contributed by atoms with van der Waals surface area (Å²) in [6.07, 6.45) is -0.897. The molecule has 0 fully saturated rings. The monoisotopic (exact) mass is 260 g/mol. The fourth-order valence-electron chi connectivity index (χ4n) is 2.30. The lowest BCUT2D eigenvalue weighted by atomic mass is 9.95. The maximum absolute atomic E-state index is 13.2. The van der Waals surface area contributed by atoms with Crippen LogP contribution >= 0.6 is 0 Å². The van der Waals surface area contributed by atoms with Gasteiger partial charge in [0.05, 0.1) is 7.11 Å². The van der Waals surface area contributed by atoms with E-state index in [-0.39, 0.29) is 5.82 Å². The third kappa shape index (κ3) is 2.76. The zero-order chi connectivity index (χ0) is 14.0. The van der Waals surface area contributed by atoms with E-state index in [0.29, 0.717) is 16.9 Å². The maximum Gasteiger partial charge on any atom is 0.125 e. The number of halogens is 1. The summed E-state index contributed by atoms with van der Waals surface area (Å²) in [5.74, 6) is 0.259. The molecule has 3 heteroatoms. The van der Waals surface area contributed by atoms with Gasteiger partial charge in [-0.05, 0) is 48.7 Å². The van der Waals surface area contributed by atoms with Gasteiger partial charge in [0.1, 0.15) is 17.7 Å². The molecule has 0 aliphatic carbocycles. The average Bonchev–Trinajstić information content (AvgIpc) is 2.37. The number of ether oxygens (including phenoxy) is 1. The van der Waals surface area contributed by atoms with Crippen molar-refractivity contribution in [3.63, 3.8) is 0 Å². The predicted molar refractivity (Wildman–Crippen MR) is 72.9 cm³/mol. The molecule has 2 nitrogen and oxygen atoms in total. The van der Waals surface area contributed by atoms with Gasteiger partial charge in [0, 0.05) is 5.56 Å². The van der Waals surface area contributed by atoms with E-state index in [1.807, 2.05) is 26.0 Å². The van der Waals surface area contributed by atoms with Gasteiger partial charge in [-0.1, -0.05) is 18.2 Å². The standard InChI is InChI=1S/C16H17FO2/c1-10-7-11(2)15(14(8-10)19-3)16(18)12-5-4-6-13(17)9-12/h4-9,16,18H,1-3H3. The van der Waals surface area contributed by atoms with Crippen molar-refractivity contribution in [3.8, 4) is 5.75 Å². The molecule has 0 spiro atoms. The van der Waals surface area contributed by atoms with E-state index in [2.05, 4.69) is 0 Å². The molecule has 0 aliphatic heterocycles. The second-order valence-corrected chi connectivity index (χ2v) is 4.66. The van der Waals surface area contributed by atoms with Crippen LogP contribution in [0.2, 0.25) is 0 Å². The number of aliphatic hydroxyl groups is 1. The van der Waals surface area contributed by atoms with E-state index >= 15 is 0 Å². The van der Waals surface area contributed by atoms with Crippen molar-refractivity contribution in [2.45, 2.75) is 20.0 Å². The van der Waals surface area contributed by atoms with Crippen molar-refractivity contribution in [1.82, 2.24) is 0 Å². The van der Waals surface area contributed by atoms with Crippen LogP contribution in [0, 0.1) is 19.7 Å². The summed E-state index contributed by atoms with van der Waals surface area (Å²) in [7, 11) is 1.57. The van der Waals surface area contributed by atoms with Crippen LogP contribution in [0.5, 0.6) is 5.75 Å². The molecule has 0 aliphatic rings. The summed E-state index contributed by atoms with van der Waals surface area (Å²) < 4.78 is 18.6. The van der Waals surface area contributed by atoms with Crippen LogP contribution in [-0.4, -0.2) is 12.2 Å². The number of hydrogen-bond acceptors (Lipinski definition) is 2. The van der Waals surface area contributed by atoms with Gasteiger partial charge in [-0.15, -0.1) is 0 Å². The van der Waals surface area contributed by atoms with Crippen molar-refractivity contribution in [1.29, 1.82) is 0 Å². The lowest BCUT2D eigenvalue weighted by Crippen LogP contribution is -2.05. The van der Waals surface area contributed by atoms with Crippen LogP contribution in [0.3, 0.4) is 0 Å². The molecule has 19 heavy (non-hydrogen) atoms. The van der Waals surface area contributed by atoms with E-state index in [0.717, 1.165) is 11.1 Å². The molecule has 1 atom stereocenters. The molecule has 0 amide bonds. The fourth-order valence-corrected chi connectivity index (χ4v) is 2.30. The van der Waals surface area contributed by atoms with Gasteiger partial charge >= 0.3 is 0 Å². The lowest BCUT2D eigenvalue weighted by molar-refractivity contribution is 0.213. The molecule has 0 bridgehead atoms. The molecule has 0 radical (unpaired) electrons. The summed E-state index contributed by atoms with van der Waals surface area (Å²) in [4.78, 5) is 0. The highest BCUT2D eigenvalue weighted by Crippen LogP contribution is 2.33. The predicted octanol–water partition coefficient (Wildman–Crippen LogP) is 3.53. The summed E-state index contributed by atoms with van der Waals surface area (Å²) in [5.41, 5.74) is 3.18. The third-order valence-electron chi connectivity index (χ3n) is 3.15. The van der Waals surface area contributed by atoms with Crippen LogP contribution in [-0.2, 0) is 0 Å². The Morgan fingerprint density at radius 2 is 1.89 bits per heavy atom. The molecule has 0 heterocycles. The van der Waals surface area contributed by atoms with Gasteiger partial charge in [0.2, 0.25) is 0 Å². The Balaban J connectivity index is 2.52. The second kappa shape index (κ2) is 5.41. The minimum Gasteiger partial charge on any atom is -0.496 e. The Morgan fingerprint density at radius 3 is 2.53 bits per heavy atom. The summed E-state index contributed by atoms with van der Waals surface area (Å²) in [6, 6.07) is 9.82. The van der Waals surface area contributed by atoms with Crippen LogP contribution in [0.1, 0.15) is 28.4 Å². The molecular weight excluding hydrogens is 243 g/mol. The topological polar surface area (TPSA) is 29.5 Å². The quantitative estimate of drug-likeness (QED) is 0.914. The van der Waals surface area contributed by atoms with E-state index in [4.69, 9.17) is 4.74 Å². The molecule has 0 saturated heterocycles.